The molecule has 3 unspecified atom stereocenters. The number of hydrogen-bond acceptors (Lipinski definition) is 11. The van der Waals surface area contributed by atoms with Crippen molar-refractivity contribution in [2.45, 2.75) is 83.5 Å². The molecule has 3 atom stereocenters. The first-order valence-corrected chi connectivity index (χ1v) is 21.3. The van der Waals surface area contributed by atoms with Crippen LogP contribution in [0.5, 0.6) is 5.75 Å². The van der Waals surface area contributed by atoms with Crippen molar-refractivity contribution in [3.8, 4) is 5.75 Å². The maximum atomic E-state index is 17.2. The number of phenols is 1. The first-order valence-electron chi connectivity index (χ1n) is 21.3. The van der Waals surface area contributed by atoms with Crippen LogP contribution in [-0.4, -0.2) is 133 Å². The highest BCUT2D eigenvalue weighted by molar-refractivity contribution is 6.29. The van der Waals surface area contributed by atoms with Crippen LogP contribution in [0.15, 0.2) is 73.1 Å². The van der Waals surface area contributed by atoms with Gasteiger partial charge in [-0.2, -0.15) is 0 Å². The number of halogens is 2. The molecule has 13 heteroatoms. The van der Waals surface area contributed by atoms with Gasteiger partial charge in [0.25, 0.3) is 0 Å². The fourth-order valence-corrected chi connectivity index (χ4v) is 9.43. The van der Waals surface area contributed by atoms with Gasteiger partial charge in [0.1, 0.15) is 34.4 Å². The van der Waals surface area contributed by atoms with Gasteiger partial charge >= 0.3 is 0 Å². The molecular formula is C45H59F2N9O2. The maximum absolute atomic E-state index is 17.2. The number of aryl methyl sites for hydroxylation is 1. The number of benzene rings is 2. The number of nitrogens with zero attached hydrogens (tertiary/aromatic N) is 8. The van der Waals surface area contributed by atoms with E-state index in [9.17, 15) is 5.11 Å². The third-order valence-corrected chi connectivity index (χ3v) is 13.2. The quantitative estimate of drug-likeness (QED) is 0.189. The molecule has 1 aromatic heterocycles. The molecule has 6 heterocycles. The number of aromatic nitrogens is 1. The molecule has 3 aromatic rings. The summed E-state index contributed by atoms with van der Waals surface area (Å²) in [6, 6.07) is 12.0. The number of alkyl halides is 1. The maximum Gasteiger partial charge on any atom is 0.175 e. The molecule has 0 amide bonds. The predicted octanol–water partition coefficient (Wildman–Crippen LogP) is 6.99. The Morgan fingerprint density at radius 3 is 2.47 bits per heavy atom. The highest BCUT2D eigenvalue weighted by Gasteiger charge is 2.38. The third-order valence-electron chi connectivity index (χ3n) is 13.2. The number of phenolic OH excluding ortho intramolecular Hbond substituents is 1. The molecule has 2 aromatic carbocycles. The van der Waals surface area contributed by atoms with Crippen LogP contribution in [0.25, 0.3) is 16.5 Å². The number of piperazine rings is 2. The van der Waals surface area contributed by atoms with Gasteiger partial charge in [0, 0.05) is 101 Å². The van der Waals surface area contributed by atoms with Gasteiger partial charge in [-0.15, -0.1) is 0 Å². The van der Waals surface area contributed by atoms with E-state index in [1.165, 1.54) is 0 Å². The molecule has 0 radical (unpaired) electrons. The largest absolute Gasteiger partial charge is 0.508 e. The Morgan fingerprint density at radius 1 is 1.03 bits per heavy atom. The number of allylic oxidation sites excluding steroid dienone is 2. The van der Waals surface area contributed by atoms with Crippen molar-refractivity contribution in [1.82, 2.24) is 25.2 Å². The number of rotatable bonds is 12. The summed E-state index contributed by atoms with van der Waals surface area (Å²) >= 11 is 0. The molecule has 11 nitrogen and oxygen atoms in total. The number of anilines is 1. The van der Waals surface area contributed by atoms with E-state index in [2.05, 4.69) is 75.5 Å². The SMILES string of the molecule is C=N/C(=C1/C=NC(c2cc(O)cc3cccc(CC)c23)=C(F)/C1=N/CCN1CCC(F)(CN2CCN(c3cc(C(C)C(C)C)on3)CC2)CC1)N1CC2CCC(C1)N2. The summed E-state index contributed by atoms with van der Waals surface area (Å²) in [7, 11) is 0. The molecule has 310 valence electrons. The van der Waals surface area contributed by atoms with E-state index in [0.29, 0.717) is 86.4 Å². The number of piperidine rings is 1. The summed E-state index contributed by atoms with van der Waals surface area (Å²) in [4.78, 5) is 23.0. The average Bonchev–Trinajstić information content (AvgIpc) is 3.85. The molecule has 0 aliphatic carbocycles. The summed E-state index contributed by atoms with van der Waals surface area (Å²) in [6.45, 7) is 19.7. The lowest BCUT2D eigenvalue weighted by molar-refractivity contribution is 0.0238. The van der Waals surface area contributed by atoms with Gasteiger partial charge in [-0.3, -0.25) is 14.9 Å². The Bertz CT molecular complexity index is 2100. The lowest BCUT2D eigenvalue weighted by Crippen LogP contribution is -2.53. The standard InChI is InChI=1S/C45H59F2N9O2/c1-6-31-8-7-9-32-22-35(57)23-36(40(31)32)42-41(46)43(37(25-50-42)44(48-5)56-26-33-10-11-34(27-56)51-33)49-14-17-53-15-12-45(47,13-16-53)28-54-18-20-55(21-19-54)39-24-38(58-52-39)30(4)29(2)3/h7-9,22-25,29-30,33-34,51,57H,5-6,10-21,26-28H2,1-4H3/b44-37+,49-43+. The Hall–Kier alpha value is -4.46. The molecular weight excluding hydrogens is 737 g/mol. The topological polar surface area (TPSA) is 108 Å². The van der Waals surface area contributed by atoms with Crippen molar-refractivity contribution in [3.63, 3.8) is 0 Å². The van der Waals surface area contributed by atoms with Gasteiger partial charge in [0.15, 0.2) is 11.6 Å². The van der Waals surface area contributed by atoms with Crippen LogP contribution < -0.4 is 10.2 Å². The fourth-order valence-electron chi connectivity index (χ4n) is 9.43. The van der Waals surface area contributed by atoms with E-state index in [0.717, 1.165) is 86.4 Å². The summed E-state index contributed by atoms with van der Waals surface area (Å²) in [5.74, 6) is 2.64. The number of aromatic hydroxyl groups is 1. The van der Waals surface area contributed by atoms with Gasteiger partial charge in [-0.25, -0.2) is 13.8 Å². The monoisotopic (exact) mass is 795 g/mol. The van der Waals surface area contributed by atoms with Crippen LogP contribution in [-0.2, 0) is 6.42 Å². The van der Waals surface area contributed by atoms with Crippen molar-refractivity contribution >= 4 is 40.9 Å². The molecule has 2 bridgehead atoms. The first-order chi connectivity index (χ1) is 28.0. The number of aliphatic imine (C=N–C) groups is 3. The summed E-state index contributed by atoms with van der Waals surface area (Å²) in [6.07, 6.45) is 5.48. The molecule has 58 heavy (non-hydrogen) atoms. The number of nitrogens with one attached hydrogen (secondary N) is 1. The lowest BCUT2D eigenvalue weighted by Gasteiger charge is -2.41. The van der Waals surface area contributed by atoms with Gasteiger partial charge in [-0.05, 0) is 73.2 Å². The highest BCUT2D eigenvalue weighted by Crippen LogP contribution is 2.38. The number of hydrogen-bond donors (Lipinski definition) is 2. The zero-order valence-electron chi connectivity index (χ0n) is 34.6. The third kappa shape index (κ3) is 8.35. The van der Waals surface area contributed by atoms with Crippen LogP contribution in [0.4, 0.5) is 14.6 Å². The number of likely N-dealkylation sites (tertiary alicyclic amines) is 2. The van der Waals surface area contributed by atoms with Crippen LogP contribution in [0, 0.1) is 5.92 Å². The fraction of sp³-hybridized carbons (Fsp3) is 0.556. The molecule has 4 fully saturated rings. The first kappa shape index (κ1) is 40.3. The van der Waals surface area contributed by atoms with E-state index < -0.39 is 11.5 Å². The van der Waals surface area contributed by atoms with Crippen LogP contribution in [0.1, 0.15) is 76.2 Å². The normalized spacial score (nSPS) is 25.1. The van der Waals surface area contributed by atoms with Gasteiger partial charge in [0.05, 0.1) is 12.1 Å². The summed E-state index contributed by atoms with van der Waals surface area (Å²) in [5, 5.41) is 20.4. The zero-order valence-corrected chi connectivity index (χ0v) is 34.6. The molecule has 0 saturated carbocycles. The van der Waals surface area contributed by atoms with Crippen molar-refractivity contribution in [1.29, 1.82) is 0 Å². The second-order valence-corrected chi connectivity index (χ2v) is 17.3. The lowest BCUT2D eigenvalue weighted by atomic mass is 9.92. The Kier molecular flexibility index (Phi) is 11.8. The molecule has 5 aliphatic heterocycles. The van der Waals surface area contributed by atoms with Crippen molar-refractivity contribution < 1.29 is 18.4 Å². The van der Waals surface area contributed by atoms with E-state index >= 15 is 8.78 Å². The summed E-state index contributed by atoms with van der Waals surface area (Å²) < 4.78 is 39.2. The van der Waals surface area contributed by atoms with Crippen molar-refractivity contribution in [2.75, 3.05) is 76.9 Å². The van der Waals surface area contributed by atoms with Crippen LogP contribution >= 0.6 is 0 Å². The zero-order chi connectivity index (χ0) is 40.6. The second-order valence-electron chi connectivity index (χ2n) is 17.3. The van der Waals surface area contributed by atoms with Gasteiger partial charge in [0.2, 0.25) is 0 Å². The number of fused-ring (bicyclic) bond motifs is 3. The molecule has 8 rings (SSSR count). The van der Waals surface area contributed by atoms with Crippen LogP contribution in [0.2, 0.25) is 0 Å². The Morgan fingerprint density at radius 2 is 1.78 bits per heavy atom. The summed E-state index contributed by atoms with van der Waals surface area (Å²) in [5.41, 5.74) is 1.15. The predicted molar refractivity (Wildman–Crippen MR) is 230 cm³/mol. The van der Waals surface area contributed by atoms with Crippen molar-refractivity contribution in [2.24, 2.45) is 20.9 Å². The minimum absolute atomic E-state index is 0.0454. The average molecular weight is 796 g/mol. The molecule has 0 spiro atoms. The van der Waals surface area contributed by atoms with E-state index in [1.54, 1.807) is 18.3 Å². The van der Waals surface area contributed by atoms with Crippen molar-refractivity contribution in [3.05, 3.63) is 70.5 Å². The van der Waals surface area contributed by atoms with Crippen LogP contribution in [0.3, 0.4) is 0 Å². The van der Waals surface area contributed by atoms with E-state index in [-0.39, 0.29) is 17.2 Å². The Labute approximate surface area is 341 Å². The Balaban J connectivity index is 0.959. The second kappa shape index (κ2) is 17.0. The molecule has 4 saturated heterocycles. The minimum Gasteiger partial charge on any atom is -0.508 e. The smallest absolute Gasteiger partial charge is 0.175 e. The minimum atomic E-state index is -1.26. The highest BCUT2D eigenvalue weighted by atomic mass is 19.1. The molecule has 5 aliphatic rings. The van der Waals surface area contributed by atoms with E-state index in [4.69, 9.17) is 14.5 Å². The van der Waals surface area contributed by atoms with Gasteiger partial charge < -0.3 is 29.6 Å². The molecule has 2 N–H and O–H groups in total. The van der Waals surface area contributed by atoms with E-state index in [1.807, 2.05) is 18.2 Å². The van der Waals surface area contributed by atoms with Gasteiger partial charge in [-0.1, -0.05) is 51.1 Å².